The van der Waals surface area contributed by atoms with E-state index in [0.717, 1.165) is 12.8 Å². The minimum Gasteiger partial charge on any atom is -0.317 e. The van der Waals surface area contributed by atoms with Crippen molar-refractivity contribution in [3.8, 4) is 0 Å². The van der Waals surface area contributed by atoms with Crippen LogP contribution in [0.2, 0.25) is 0 Å². The van der Waals surface area contributed by atoms with Crippen LogP contribution >= 0.6 is 0 Å². The highest BCUT2D eigenvalue weighted by molar-refractivity contribution is 5.98. The summed E-state index contributed by atoms with van der Waals surface area (Å²) in [6.45, 7) is 0. The first-order chi connectivity index (χ1) is 6.10. The molecule has 1 saturated carbocycles. The number of hydrogen-bond acceptors (Lipinski definition) is 5. The van der Waals surface area contributed by atoms with Crippen LogP contribution < -0.4 is 11.1 Å². The van der Waals surface area contributed by atoms with Crippen LogP contribution in [0.4, 0.5) is 5.95 Å². The molecular weight excluding hydrogens is 172 g/mol. The minimum atomic E-state index is -0.695. The van der Waals surface area contributed by atoms with Crippen LogP contribution in [0.5, 0.6) is 0 Å². The van der Waals surface area contributed by atoms with E-state index in [1.54, 1.807) is 7.05 Å². The van der Waals surface area contributed by atoms with E-state index in [4.69, 9.17) is 5.73 Å². The maximum Gasteiger partial charge on any atom is 0.270 e. The van der Waals surface area contributed by atoms with Crippen molar-refractivity contribution in [2.24, 2.45) is 12.8 Å². The topological polar surface area (TPSA) is 98.7 Å². The molecule has 0 aliphatic heterocycles. The zero-order valence-electron chi connectivity index (χ0n) is 7.19. The molecule has 0 radical (unpaired) electrons. The van der Waals surface area contributed by atoms with Gasteiger partial charge in [-0.2, -0.15) is 4.80 Å². The van der Waals surface area contributed by atoms with Gasteiger partial charge in [-0.05, 0) is 18.1 Å². The summed E-state index contributed by atoms with van der Waals surface area (Å²) in [7, 11) is 1.62. The smallest absolute Gasteiger partial charge is 0.270 e. The molecule has 0 spiro atoms. The Morgan fingerprint density at radius 1 is 1.69 bits per heavy atom. The summed E-state index contributed by atoms with van der Waals surface area (Å²) in [4.78, 5) is 12.6. The van der Waals surface area contributed by atoms with E-state index >= 15 is 0 Å². The molecule has 7 heteroatoms. The first-order valence-electron chi connectivity index (χ1n) is 3.94. The van der Waals surface area contributed by atoms with Crippen molar-refractivity contribution in [2.75, 3.05) is 5.32 Å². The molecule has 3 N–H and O–H groups in total. The van der Waals surface area contributed by atoms with Crippen LogP contribution in [0.15, 0.2) is 0 Å². The Morgan fingerprint density at radius 2 is 2.38 bits per heavy atom. The minimum absolute atomic E-state index is 0.198. The SMILES string of the molecule is Cn1nnc(NC(=O)C2(N)CC2)n1. The Morgan fingerprint density at radius 3 is 2.85 bits per heavy atom. The lowest BCUT2D eigenvalue weighted by molar-refractivity contribution is -0.118. The number of aryl methyl sites for hydroxylation is 1. The second-order valence-corrected chi connectivity index (χ2v) is 3.21. The molecule has 2 rings (SSSR count). The van der Waals surface area contributed by atoms with Gasteiger partial charge in [-0.25, -0.2) is 0 Å². The number of nitrogens with one attached hydrogen (secondary N) is 1. The third-order valence-electron chi connectivity index (χ3n) is 1.97. The van der Waals surface area contributed by atoms with E-state index in [-0.39, 0.29) is 11.9 Å². The van der Waals surface area contributed by atoms with Gasteiger partial charge in [0.1, 0.15) is 0 Å². The van der Waals surface area contributed by atoms with Gasteiger partial charge in [0.15, 0.2) is 0 Å². The van der Waals surface area contributed by atoms with E-state index in [9.17, 15) is 4.79 Å². The third kappa shape index (κ3) is 1.50. The summed E-state index contributed by atoms with van der Waals surface area (Å²) in [5.41, 5.74) is 4.95. The molecule has 0 saturated heterocycles. The van der Waals surface area contributed by atoms with Gasteiger partial charge in [-0.1, -0.05) is 5.10 Å². The second-order valence-electron chi connectivity index (χ2n) is 3.21. The van der Waals surface area contributed by atoms with E-state index in [2.05, 4.69) is 20.7 Å². The molecule has 1 fully saturated rings. The molecule has 1 aromatic rings. The first-order valence-corrected chi connectivity index (χ1v) is 3.94. The number of carbonyl (C=O) groups excluding carboxylic acids is 1. The molecule has 1 aliphatic carbocycles. The lowest BCUT2D eigenvalue weighted by atomic mass is 10.3. The van der Waals surface area contributed by atoms with Gasteiger partial charge in [-0.15, -0.1) is 5.10 Å². The maximum absolute atomic E-state index is 11.4. The van der Waals surface area contributed by atoms with E-state index < -0.39 is 5.54 Å². The average Bonchev–Trinajstić information content (AvgIpc) is 2.69. The van der Waals surface area contributed by atoms with Crippen LogP contribution in [-0.2, 0) is 11.8 Å². The molecule has 1 heterocycles. The van der Waals surface area contributed by atoms with Crippen molar-refractivity contribution in [1.29, 1.82) is 0 Å². The van der Waals surface area contributed by atoms with Crippen LogP contribution in [0.3, 0.4) is 0 Å². The van der Waals surface area contributed by atoms with Crippen LogP contribution in [0, 0.1) is 0 Å². The monoisotopic (exact) mass is 182 g/mol. The summed E-state index contributed by atoms with van der Waals surface area (Å²) in [5.74, 6) is -0.0373. The Balaban J connectivity index is 2.02. The normalized spacial score (nSPS) is 18.3. The van der Waals surface area contributed by atoms with Gasteiger partial charge in [-0.3, -0.25) is 10.1 Å². The van der Waals surface area contributed by atoms with E-state index in [1.165, 1.54) is 4.80 Å². The van der Waals surface area contributed by atoms with Crippen LogP contribution in [-0.4, -0.2) is 31.7 Å². The largest absolute Gasteiger partial charge is 0.317 e. The number of nitrogens with zero attached hydrogens (tertiary/aromatic N) is 4. The molecule has 0 aromatic carbocycles. The zero-order chi connectivity index (χ0) is 9.47. The number of aromatic nitrogens is 4. The maximum atomic E-state index is 11.4. The second kappa shape index (κ2) is 2.49. The predicted octanol–water partition coefficient (Wildman–Crippen LogP) is -1.36. The Hall–Kier alpha value is -1.50. The number of tetrazole rings is 1. The Kier molecular flexibility index (Phi) is 1.56. The molecule has 1 amide bonds. The van der Waals surface area contributed by atoms with Gasteiger partial charge in [0.05, 0.1) is 12.6 Å². The highest BCUT2D eigenvalue weighted by Crippen LogP contribution is 2.32. The molecule has 7 nitrogen and oxygen atoms in total. The Labute approximate surface area is 74.3 Å². The molecule has 1 aliphatic rings. The summed E-state index contributed by atoms with van der Waals surface area (Å²) >= 11 is 0. The van der Waals surface area contributed by atoms with Crippen molar-refractivity contribution in [3.63, 3.8) is 0 Å². The van der Waals surface area contributed by atoms with Crippen molar-refractivity contribution in [3.05, 3.63) is 0 Å². The summed E-state index contributed by atoms with van der Waals surface area (Å²) in [6, 6.07) is 0. The van der Waals surface area contributed by atoms with E-state index in [0.29, 0.717) is 0 Å². The van der Waals surface area contributed by atoms with Crippen LogP contribution in [0.25, 0.3) is 0 Å². The number of anilines is 1. The number of carbonyl (C=O) groups is 1. The number of rotatable bonds is 2. The van der Waals surface area contributed by atoms with Crippen LogP contribution in [0.1, 0.15) is 12.8 Å². The number of amides is 1. The molecular formula is C6H10N6O. The predicted molar refractivity (Wildman–Crippen MR) is 43.6 cm³/mol. The standard InChI is InChI=1S/C6H10N6O/c1-12-10-5(9-11-12)8-4(13)6(7)2-3-6/h2-3,7H2,1H3,(H,8,10,13). The van der Waals surface area contributed by atoms with Gasteiger partial charge < -0.3 is 5.73 Å². The Bertz CT molecular complexity index is 341. The van der Waals surface area contributed by atoms with Gasteiger partial charge in [0.25, 0.3) is 5.95 Å². The fourth-order valence-electron chi connectivity index (χ4n) is 0.922. The van der Waals surface area contributed by atoms with Gasteiger partial charge >= 0.3 is 0 Å². The summed E-state index contributed by atoms with van der Waals surface area (Å²) in [6.07, 6.45) is 1.44. The molecule has 1 aromatic heterocycles. The summed E-state index contributed by atoms with van der Waals surface area (Å²) in [5, 5.41) is 13.5. The number of hydrogen-bond donors (Lipinski definition) is 2. The van der Waals surface area contributed by atoms with Crippen molar-refractivity contribution < 1.29 is 4.79 Å². The quantitative estimate of drug-likeness (QED) is 0.588. The van der Waals surface area contributed by atoms with E-state index in [1.807, 2.05) is 0 Å². The molecule has 0 atom stereocenters. The van der Waals surface area contributed by atoms with Crippen molar-refractivity contribution in [2.45, 2.75) is 18.4 Å². The summed E-state index contributed by atoms with van der Waals surface area (Å²) < 4.78 is 0. The molecule has 13 heavy (non-hydrogen) atoms. The average molecular weight is 182 g/mol. The molecule has 70 valence electrons. The lowest BCUT2D eigenvalue weighted by Gasteiger charge is -2.05. The van der Waals surface area contributed by atoms with Gasteiger partial charge in [0.2, 0.25) is 5.91 Å². The fourth-order valence-corrected chi connectivity index (χ4v) is 0.922. The highest BCUT2D eigenvalue weighted by Gasteiger charge is 2.46. The fraction of sp³-hybridized carbons (Fsp3) is 0.667. The first kappa shape index (κ1) is 8.11. The zero-order valence-corrected chi connectivity index (χ0v) is 7.19. The van der Waals surface area contributed by atoms with Gasteiger partial charge in [0, 0.05) is 0 Å². The van der Waals surface area contributed by atoms with Crippen molar-refractivity contribution >= 4 is 11.9 Å². The lowest BCUT2D eigenvalue weighted by Crippen LogP contribution is -2.38. The number of nitrogens with two attached hydrogens (primary N) is 1. The molecule has 0 unspecified atom stereocenters. The molecule has 0 bridgehead atoms. The third-order valence-corrected chi connectivity index (χ3v) is 1.97. The highest BCUT2D eigenvalue weighted by atomic mass is 16.2. The van der Waals surface area contributed by atoms with Crippen molar-refractivity contribution in [1.82, 2.24) is 20.2 Å².